The van der Waals surface area contributed by atoms with Gasteiger partial charge in [-0.1, -0.05) is 19.1 Å². The molecule has 1 aliphatic rings. The van der Waals surface area contributed by atoms with Crippen molar-refractivity contribution in [3.05, 3.63) is 29.8 Å². The zero-order chi connectivity index (χ0) is 13.2. The molecule has 1 aliphatic carbocycles. The first-order valence-electron chi connectivity index (χ1n) is 6.04. The van der Waals surface area contributed by atoms with Crippen LogP contribution in [0.15, 0.2) is 29.2 Å². The van der Waals surface area contributed by atoms with Gasteiger partial charge in [-0.2, -0.15) is 5.26 Å². The number of nitriles is 1. The number of hydrogen-bond donors (Lipinski definition) is 1. The second-order valence-electron chi connectivity index (χ2n) is 4.84. The number of benzene rings is 1. The molecule has 0 aromatic heterocycles. The van der Waals surface area contributed by atoms with Gasteiger partial charge in [0.15, 0.2) is 0 Å². The van der Waals surface area contributed by atoms with Crippen LogP contribution in [0.5, 0.6) is 0 Å². The molecule has 0 radical (unpaired) electrons. The molecule has 0 aliphatic heterocycles. The molecule has 0 heterocycles. The number of sulfonamides is 1. The van der Waals surface area contributed by atoms with Crippen molar-refractivity contribution in [2.45, 2.75) is 37.1 Å². The molecule has 0 bridgehead atoms. The van der Waals surface area contributed by atoms with Crippen molar-refractivity contribution in [3.63, 3.8) is 0 Å². The second kappa shape index (κ2) is 5.09. The predicted octanol–water partition coefficient (Wildman–Crippen LogP) is 2.03. The SMILES string of the molecule is CC1CCC(NS(=O)(=O)c2ccccc2C#N)C1. The maximum atomic E-state index is 12.2. The number of hydrogen-bond acceptors (Lipinski definition) is 3. The van der Waals surface area contributed by atoms with E-state index in [0.717, 1.165) is 19.3 Å². The number of nitrogens with one attached hydrogen (secondary N) is 1. The van der Waals surface area contributed by atoms with Gasteiger partial charge in [0.2, 0.25) is 10.0 Å². The van der Waals surface area contributed by atoms with Crippen LogP contribution in [-0.2, 0) is 10.0 Å². The maximum Gasteiger partial charge on any atom is 0.242 e. The van der Waals surface area contributed by atoms with Crippen molar-refractivity contribution in [1.29, 1.82) is 5.26 Å². The lowest BCUT2D eigenvalue weighted by Gasteiger charge is -2.13. The van der Waals surface area contributed by atoms with Crippen LogP contribution in [0.1, 0.15) is 31.7 Å². The number of rotatable bonds is 3. The third-order valence-corrected chi connectivity index (χ3v) is 4.89. The summed E-state index contributed by atoms with van der Waals surface area (Å²) in [6, 6.07) is 8.20. The molecular formula is C13H16N2O2S. The Morgan fingerprint density at radius 2 is 2.06 bits per heavy atom. The van der Waals surface area contributed by atoms with Crippen molar-refractivity contribution < 1.29 is 8.42 Å². The summed E-state index contributed by atoms with van der Waals surface area (Å²) >= 11 is 0. The molecule has 2 unspecified atom stereocenters. The van der Waals surface area contributed by atoms with E-state index in [1.807, 2.05) is 6.07 Å². The molecule has 5 heteroatoms. The summed E-state index contributed by atoms with van der Waals surface area (Å²) in [6.45, 7) is 2.12. The zero-order valence-corrected chi connectivity index (χ0v) is 11.1. The summed E-state index contributed by atoms with van der Waals surface area (Å²) in [7, 11) is -3.58. The van der Waals surface area contributed by atoms with E-state index in [1.54, 1.807) is 12.1 Å². The lowest BCUT2D eigenvalue weighted by Crippen LogP contribution is -2.33. The summed E-state index contributed by atoms with van der Waals surface area (Å²) in [5.74, 6) is 0.559. The van der Waals surface area contributed by atoms with Gasteiger partial charge in [0.25, 0.3) is 0 Å². The van der Waals surface area contributed by atoms with Crippen LogP contribution in [0.25, 0.3) is 0 Å². The first-order valence-corrected chi connectivity index (χ1v) is 7.52. The Kier molecular flexibility index (Phi) is 3.69. The van der Waals surface area contributed by atoms with E-state index < -0.39 is 10.0 Å². The summed E-state index contributed by atoms with van der Waals surface area (Å²) in [6.07, 6.45) is 2.79. The van der Waals surface area contributed by atoms with Gasteiger partial charge in [-0.3, -0.25) is 0 Å². The summed E-state index contributed by atoms with van der Waals surface area (Å²) < 4.78 is 27.1. The van der Waals surface area contributed by atoms with E-state index in [4.69, 9.17) is 5.26 Å². The van der Waals surface area contributed by atoms with Crippen LogP contribution in [0.4, 0.5) is 0 Å². The third-order valence-electron chi connectivity index (χ3n) is 3.31. The molecule has 1 aromatic rings. The van der Waals surface area contributed by atoms with Crippen LogP contribution < -0.4 is 4.72 Å². The van der Waals surface area contributed by atoms with Crippen molar-refractivity contribution in [1.82, 2.24) is 4.72 Å². The zero-order valence-electron chi connectivity index (χ0n) is 10.3. The summed E-state index contributed by atoms with van der Waals surface area (Å²) in [4.78, 5) is 0.0760. The molecule has 0 saturated heterocycles. The van der Waals surface area contributed by atoms with Crippen molar-refractivity contribution in [2.75, 3.05) is 0 Å². The van der Waals surface area contributed by atoms with Gasteiger partial charge in [0.1, 0.15) is 6.07 Å². The molecule has 2 rings (SSSR count). The molecule has 1 fully saturated rings. The Balaban J connectivity index is 2.24. The Labute approximate surface area is 108 Å². The normalized spacial score (nSPS) is 23.8. The minimum Gasteiger partial charge on any atom is -0.208 e. The minimum atomic E-state index is -3.58. The van der Waals surface area contributed by atoms with Crippen LogP contribution in [-0.4, -0.2) is 14.5 Å². The topological polar surface area (TPSA) is 70.0 Å². The van der Waals surface area contributed by atoms with Crippen LogP contribution >= 0.6 is 0 Å². The highest BCUT2D eigenvalue weighted by Gasteiger charge is 2.27. The lowest BCUT2D eigenvalue weighted by molar-refractivity contribution is 0.538. The highest BCUT2D eigenvalue weighted by Crippen LogP contribution is 2.26. The summed E-state index contributed by atoms with van der Waals surface area (Å²) in [5, 5.41) is 8.94. The van der Waals surface area contributed by atoms with Gasteiger partial charge >= 0.3 is 0 Å². The first-order chi connectivity index (χ1) is 8.53. The van der Waals surface area contributed by atoms with Crippen LogP contribution in [0.2, 0.25) is 0 Å². The Morgan fingerprint density at radius 1 is 1.33 bits per heavy atom. The Morgan fingerprint density at radius 3 is 2.67 bits per heavy atom. The highest BCUT2D eigenvalue weighted by molar-refractivity contribution is 7.89. The molecule has 2 atom stereocenters. The summed E-state index contributed by atoms with van der Waals surface area (Å²) in [5.41, 5.74) is 0.191. The van der Waals surface area contributed by atoms with Crippen LogP contribution in [0, 0.1) is 17.2 Å². The van der Waals surface area contributed by atoms with E-state index in [9.17, 15) is 8.42 Å². The molecule has 0 spiro atoms. The molecule has 1 aromatic carbocycles. The van der Waals surface area contributed by atoms with Gasteiger partial charge < -0.3 is 0 Å². The van der Waals surface area contributed by atoms with E-state index in [-0.39, 0.29) is 16.5 Å². The highest BCUT2D eigenvalue weighted by atomic mass is 32.2. The third kappa shape index (κ3) is 2.71. The molecule has 18 heavy (non-hydrogen) atoms. The molecule has 4 nitrogen and oxygen atoms in total. The molecule has 1 saturated carbocycles. The molecule has 1 N–H and O–H groups in total. The lowest BCUT2D eigenvalue weighted by atomic mass is 10.1. The second-order valence-corrected chi connectivity index (χ2v) is 6.53. The molecule has 96 valence electrons. The molecular weight excluding hydrogens is 248 g/mol. The quantitative estimate of drug-likeness (QED) is 0.908. The first kappa shape index (κ1) is 13.1. The largest absolute Gasteiger partial charge is 0.242 e. The van der Waals surface area contributed by atoms with Gasteiger partial charge in [-0.15, -0.1) is 0 Å². The average Bonchev–Trinajstić information content (AvgIpc) is 2.74. The predicted molar refractivity (Wildman–Crippen MR) is 68.3 cm³/mol. The van der Waals surface area contributed by atoms with Gasteiger partial charge in [0, 0.05) is 6.04 Å². The molecule has 0 amide bonds. The van der Waals surface area contributed by atoms with Crippen LogP contribution in [0.3, 0.4) is 0 Å². The van der Waals surface area contributed by atoms with E-state index in [2.05, 4.69) is 11.6 Å². The monoisotopic (exact) mass is 264 g/mol. The van der Waals surface area contributed by atoms with E-state index in [0.29, 0.717) is 5.92 Å². The van der Waals surface area contributed by atoms with Crippen molar-refractivity contribution >= 4 is 10.0 Å². The fourth-order valence-corrected chi connectivity index (χ4v) is 3.83. The Hall–Kier alpha value is -1.38. The van der Waals surface area contributed by atoms with Crippen molar-refractivity contribution in [2.24, 2.45) is 5.92 Å². The van der Waals surface area contributed by atoms with E-state index in [1.165, 1.54) is 12.1 Å². The smallest absolute Gasteiger partial charge is 0.208 e. The fraction of sp³-hybridized carbons (Fsp3) is 0.462. The van der Waals surface area contributed by atoms with Gasteiger partial charge in [-0.25, -0.2) is 13.1 Å². The van der Waals surface area contributed by atoms with Gasteiger partial charge in [-0.05, 0) is 37.3 Å². The standard InChI is InChI=1S/C13H16N2O2S/c1-10-6-7-12(8-10)15-18(16,17)13-5-3-2-4-11(13)9-14/h2-5,10,12,15H,6-8H2,1H3. The minimum absolute atomic E-state index is 0.00301. The van der Waals surface area contributed by atoms with Gasteiger partial charge in [0.05, 0.1) is 10.5 Å². The van der Waals surface area contributed by atoms with E-state index >= 15 is 0 Å². The Bertz CT molecular complexity index is 575. The maximum absolute atomic E-state index is 12.2. The average molecular weight is 264 g/mol. The van der Waals surface area contributed by atoms with Crippen molar-refractivity contribution in [3.8, 4) is 6.07 Å². The number of nitrogens with zero attached hydrogens (tertiary/aromatic N) is 1. The fourth-order valence-electron chi connectivity index (χ4n) is 2.39.